The third-order valence-electron chi connectivity index (χ3n) is 5.32. The van der Waals surface area contributed by atoms with Crippen molar-refractivity contribution in [2.24, 2.45) is 13.0 Å². The average molecular weight is 363 g/mol. The number of nitrogens with one attached hydrogen (secondary N) is 1. The van der Waals surface area contributed by atoms with Crippen LogP contribution >= 0.6 is 0 Å². The van der Waals surface area contributed by atoms with Crippen molar-refractivity contribution in [3.8, 4) is 11.3 Å². The van der Waals surface area contributed by atoms with Crippen LogP contribution in [0.2, 0.25) is 0 Å². The third-order valence-corrected chi connectivity index (χ3v) is 5.32. The summed E-state index contributed by atoms with van der Waals surface area (Å²) < 4.78 is 1.84. The van der Waals surface area contributed by atoms with Crippen molar-refractivity contribution in [2.75, 3.05) is 0 Å². The molecule has 138 valence electrons. The van der Waals surface area contributed by atoms with Gasteiger partial charge in [-0.25, -0.2) is 9.78 Å². The summed E-state index contributed by atoms with van der Waals surface area (Å²) in [6, 6.07) is 12.8. The number of rotatable bonds is 5. The minimum Gasteiger partial charge on any atom is -0.480 e. The van der Waals surface area contributed by atoms with Gasteiger partial charge in [-0.3, -0.25) is 4.79 Å². The van der Waals surface area contributed by atoms with Gasteiger partial charge in [-0.05, 0) is 30.9 Å². The second-order valence-electron chi connectivity index (χ2n) is 7.06. The Morgan fingerprint density at radius 2 is 1.93 bits per heavy atom. The van der Waals surface area contributed by atoms with Crippen LogP contribution in [-0.4, -0.2) is 32.6 Å². The third kappa shape index (κ3) is 3.18. The van der Waals surface area contributed by atoms with E-state index in [0.29, 0.717) is 11.1 Å². The highest BCUT2D eigenvalue weighted by atomic mass is 16.4. The van der Waals surface area contributed by atoms with E-state index < -0.39 is 17.9 Å². The molecule has 0 spiro atoms. The fourth-order valence-electron chi connectivity index (χ4n) is 3.57. The fourth-order valence-corrected chi connectivity index (χ4v) is 3.57. The summed E-state index contributed by atoms with van der Waals surface area (Å²) >= 11 is 0. The molecule has 0 radical (unpaired) electrons. The molecule has 0 bridgehead atoms. The van der Waals surface area contributed by atoms with E-state index in [1.165, 1.54) is 0 Å². The predicted octanol–water partition coefficient (Wildman–Crippen LogP) is 3.22. The zero-order valence-corrected chi connectivity index (χ0v) is 15.1. The van der Waals surface area contributed by atoms with Crippen molar-refractivity contribution in [1.29, 1.82) is 0 Å². The maximum Gasteiger partial charge on any atom is 0.326 e. The van der Waals surface area contributed by atoms with Crippen LogP contribution in [0.25, 0.3) is 22.3 Å². The van der Waals surface area contributed by atoms with Crippen molar-refractivity contribution in [3.05, 3.63) is 54.2 Å². The first kappa shape index (κ1) is 17.3. The number of aromatic nitrogens is 2. The molecule has 2 heterocycles. The Balaban J connectivity index is 1.70. The number of hydrogen-bond acceptors (Lipinski definition) is 3. The molecule has 1 fully saturated rings. The molecule has 6 nitrogen and oxygen atoms in total. The van der Waals surface area contributed by atoms with Crippen molar-refractivity contribution in [2.45, 2.75) is 25.3 Å². The Morgan fingerprint density at radius 3 is 2.56 bits per heavy atom. The molecule has 3 aromatic rings. The zero-order chi connectivity index (χ0) is 19.0. The SMILES string of the molecule is Cn1cc(C(=O)NC(C(=O)O)C2CCC2)c2nc(-c3ccccc3)ccc21. The van der Waals surface area contributed by atoms with Crippen LogP contribution in [0, 0.1) is 5.92 Å². The maximum absolute atomic E-state index is 12.9. The Morgan fingerprint density at radius 1 is 1.19 bits per heavy atom. The van der Waals surface area contributed by atoms with Gasteiger partial charge in [-0.1, -0.05) is 36.8 Å². The van der Waals surface area contributed by atoms with Gasteiger partial charge < -0.3 is 15.0 Å². The van der Waals surface area contributed by atoms with Gasteiger partial charge in [0, 0.05) is 18.8 Å². The van der Waals surface area contributed by atoms with E-state index in [-0.39, 0.29) is 5.92 Å². The molecule has 2 aromatic heterocycles. The van der Waals surface area contributed by atoms with Gasteiger partial charge in [0.1, 0.15) is 11.6 Å². The van der Waals surface area contributed by atoms with Gasteiger partial charge in [0.15, 0.2) is 0 Å². The Kier molecular flexibility index (Phi) is 4.39. The fraction of sp³-hybridized carbons (Fsp3) is 0.286. The lowest BCUT2D eigenvalue weighted by molar-refractivity contribution is -0.141. The van der Waals surface area contributed by atoms with Gasteiger partial charge in [0.25, 0.3) is 5.91 Å². The maximum atomic E-state index is 12.9. The lowest BCUT2D eigenvalue weighted by Crippen LogP contribution is -2.48. The van der Waals surface area contributed by atoms with Gasteiger partial charge in [-0.2, -0.15) is 0 Å². The smallest absolute Gasteiger partial charge is 0.326 e. The highest BCUT2D eigenvalue weighted by molar-refractivity contribution is 6.06. The standard InChI is InChI=1S/C21H21N3O3/c1-24-12-15(20(25)23-18(21(26)27)14-8-5-9-14)19-17(24)11-10-16(22-19)13-6-3-2-4-7-13/h2-4,6-7,10-12,14,18H,5,8-9H2,1H3,(H,23,25)(H,26,27). The summed E-state index contributed by atoms with van der Waals surface area (Å²) in [5, 5.41) is 12.2. The molecule has 1 aliphatic rings. The molecule has 0 saturated heterocycles. The van der Waals surface area contributed by atoms with Crippen LogP contribution < -0.4 is 5.32 Å². The predicted molar refractivity (Wildman–Crippen MR) is 102 cm³/mol. The molecule has 1 aromatic carbocycles. The lowest BCUT2D eigenvalue weighted by atomic mass is 9.79. The monoisotopic (exact) mass is 363 g/mol. The molecule has 1 amide bonds. The molecule has 2 N–H and O–H groups in total. The first-order valence-corrected chi connectivity index (χ1v) is 9.10. The van der Waals surface area contributed by atoms with E-state index in [9.17, 15) is 14.7 Å². The summed E-state index contributed by atoms with van der Waals surface area (Å²) in [6.45, 7) is 0. The number of hydrogen-bond donors (Lipinski definition) is 2. The van der Waals surface area contributed by atoms with Crippen LogP contribution in [-0.2, 0) is 11.8 Å². The number of pyridine rings is 1. The topological polar surface area (TPSA) is 84.2 Å². The number of benzene rings is 1. The van der Waals surface area contributed by atoms with Crippen LogP contribution in [0.5, 0.6) is 0 Å². The summed E-state index contributed by atoms with van der Waals surface area (Å²) in [5.74, 6) is -1.36. The Hall–Kier alpha value is -3.15. The second kappa shape index (κ2) is 6.87. The normalized spacial score (nSPS) is 15.3. The van der Waals surface area contributed by atoms with Gasteiger partial charge in [0.05, 0.1) is 16.8 Å². The number of nitrogens with zero attached hydrogens (tertiary/aromatic N) is 2. The molecule has 1 atom stereocenters. The summed E-state index contributed by atoms with van der Waals surface area (Å²) in [5.41, 5.74) is 3.55. The minimum absolute atomic E-state index is 0.00858. The Labute approximate surface area is 156 Å². The number of carbonyl (C=O) groups is 2. The molecule has 0 aliphatic heterocycles. The molecular weight excluding hydrogens is 342 g/mol. The molecule has 4 rings (SSSR count). The lowest BCUT2D eigenvalue weighted by Gasteiger charge is -2.31. The van der Waals surface area contributed by atoms with Crippen molar-refractivity contribution in [3.63, 3.8) is 0 Å². The quantitative estimate of drug-likeness (QED) is 0.729. The highest BCUT2D eigenvalue weighted by Crippen LogP contribution is 2.30. The van der Waals surface area contributed by atoms with Gasteiger partial charge in [0.2, 0.25) is 0 Å². The van der Waals surface area contributed by atoms with E-state index in [1.54, 1.807) is 6.20 Å². The summed E-state index contributed by atoms with van der Waals surface area (Å²) in [4.78, 5) is 29.1. The van der Waals surface area contributed by atoms with Crippen LogP contribution in [0.1, 0.15) is 29.6 Å². The van der Waals surface area contributed by atoms with E-state index in [0.717, 1.165) is 36.0 Å². The molecule has 1 aliphatic carbocycles. The number of carbonyl (C=O) groups excluding carboxylic acids is 1. The zero-order valence-electron chi connectivity index (χ0n) is 15.1. The second-order valence-corrected chi connectivity index (χ2v) is 7.06. The first-order chi connectivity index (χ1) is 13.0. The van der Waals surface area contributed by atoms with Crippen molar-refractivity contribution < 1.29 is 14.7 Å². The molecule has 6 heteroatoms. The highest BCUT2D eigenvalue weighted by Gasteiger charge is 2.34. The summed E-state index contributed by atoms with van der Waals surface area (Å²) in [7, 11) is 1.85. The molecule has 27 heavy (non-hydrogen) atoms. The van der Waals surface area contributed by atoms with Crippen LogP contribution in [0.4, 0.5) is 0 Å². The summed E-state index contributed by atoms with van der Waals surface area (Å²) in [6.07, 6.45) is 4.40. The van der Waals surface area contributed by atoms with Crippen molar-refractivity contribution in [1.82, 2.24) is 14.9 Å². The molecular formula is C21H21N3O3. The van der Waals surface area contributed by atoms with E-state index >= 15 is 0 Å². The van der Waals surface area contributed by atoms with E-state index in [1.807, 2.05) is 54.1 Å². The minimum atomic E-state index is -0.980. The number of aryl methyl sites for hydroxylation is 1. The molecule has 1 saturated carbocycles. The Bertz CT molecular complexity index is 1010. The van der Waals surface area contributed by atoms with Crippen molar-refractivity contribution >= 4 is 22.9 Å². The van der Waals surface area contributed by atoms with Crippen LogP contribution in [0.15, 0.2) is 48.7 Å². The van der Waals surface area contributed by atoms with Gasteiger partial charge in [-0.15, -0.1) is 0 Å². The number of amides is 1. The number of carboxylic acid groups (broad SMARTS) is 1. The number of fused-ring (bicyclic) bond motifs is 1. The largest absolute Gasteiger partial charge is 0.480 e. The average Bonchev–Trinajstić information content (AvgIpc) is 2.96. The molecule has 1 unspecified atom stereocenters. The van der Waals surface area contributed by atoms with Gasteiger partial charge >= 0.3 is 5.97 Å². The number of aliphatic carboxylic acids is 1. The number of carboxylic acids is 1. The van der Waals surface area contributed by atoms with Crippen LogP contribution in [0.3, 0.4) is 0 Å². The first-order valence-electron chi connectivity index (χ1n) is 9.10. The van der Waals surface area contributed by atoms with E-state index in [4.69, 9.17) is 0 Å². The van der Waals surface area contributed by atoms with E-state index in [2.05, 4.69) is 10.3 Å².